The van der Waals surface area contributed by atoms with Crippen LogP contribution in [0.3, 0.4) is 0 Å². The van der Waals surface area contributed by atoms with Crippen LogP contribution >= 0.6 is 0 Å². The lowest BCUT2D eigenvalue weighted by atomic mass is 9.91. The molecule has 2 aliphatic rings. The van der Waals surface area contributed by atoms with Gasteiger partial charge in [-0.2, -0.15) is 0 Å². The Morgan fingerprint density at radius 1 is 1.00 bits per heavy atom. The Bertz CT molecular complexity index is 340. The van der Waals surface area contributed by atoms with Gasteiger partial charge in [-0.25, -0.2) is 4.79 Å². The molecular weight excluding hydrogens is 248 g/mol. The summed E-state index contributed by atoms with van der Waals surface area (Å²) in [5.41, 5.74) is 0. The summed E-state index contributed by atoms with van der Waals surface area (Å²) in [6, 6.07) is 0.335. The zero-order valence-electron chi connectivity index (χ0n) is 11.1. The van der Waals surface area contributed by atoms with Crippen molar-refractivity contribution in [2.45, 2.75) is 50.6 Å². The molecule has 6 nitrogen and oxygen atoms in total. The Kier molecular flexibility index (Phi) is 4.63. The van der Waals surface area contributed by atoms with Gasteiger partial charge in [0, 0.05) is 25.2 Å². The molecule has 6 heteroatoms. The Morgan fingerprint density at radius 3 is 2.00 bits per heavy atom. The fourth-order valence-corrected chi connectivity index (χ4v) is 2.44. The molecule has 2 N–H and O–H groups in total. The van der Waals surface area contributed by atoms with Crippen molar-refractivity contribution in [3.63, 3.8) is 0 Å². The number of carbonyl (C=O) groups is 2. The number of aliphatic carboxylic acids is 1. The lowest BCUT2D eigenvalue weighted by Crippen LogP contribution is -2.52. The van der Waals surface area contributed by atoms with E-state index in [-0.39, 0.29) is 37.7 Å². The number of carboxylic acids is 1. The van der Waals surface area contributed by atoms with Gasteiger partial charge in [0.2, 0.25) is 0 Å². The fraction of sp³-hybridized carbons (Fsp3) is 0.846. The SMILES string of the molecule is O=C(O)CCN(C(=O)N(CCO)C1CCC1)C1CC1. The smallest absolute Gasteiger partial charge is 0.320 e. The maximum atomic E-state index is 12.5. The number of hydrogen-bond acceptors (Lipinski definition) is 3. The maximum absolute atomic E-state index is 12.5. The minimum absolute atomic E-state index is 0.0140. The molecular formula is C13H22N2O4. The molecule has 19 heavy (non-hydrogen) atoms. The van der Waals surface area contributed by atoms with Crippen LogP contribution in [0.4, 0.5) is 4.79 Å². The number of aliphatic hydroxyl groups is 1. The maximum Gasteiger partial charge on any atom is 0.320 e. The van der Waals surface area contributed by atoms with Crippen molar-refractivity contribution in [3.05, 3.63) is 0 Å². The van der Waals surface area contributed by atoms with Crippen LogP contribution in [0.5, 0.6) is 0 Å². The average Bonchev–Trinajstić information content (AvgIpc) is 3.10. The van der Waals surface area contributed by atoms with Crippen molar-refractivity contribution in [2.75, 3.05) is 19.7 Å². The lowest BCUT2D eigenvalue weighted by Gasteiger charge is -2.40. The number of aliphatic hydroxyl groups excluding tert-OH is 1. The van der Waals surface area contributed by atoms with Crippen LogP contribution in [0, 0.1) is 0 Å². The van der Waals surface area contributed by atoms with Crippen molar-refractivity contribution in [2.24, 2.45) is 0 Å². The van der Waals surface area contributed by atoms with E-state index in [0.29, 0.717) is 6.54 Å². The molecule has 2 aliphatic carbocycles. The summed E-state index contributed by atoms with van der Waals surface area (Å²) >= 11 is 0. The summed E-state index contributed by atoms with van der Waals surface area (Å²) in [4.78, 5) is 26.6. The minimum Gasteiger partial charge on any atom is -0.481 e. The molecule has 108 valence electrons. The van der Waals surface area contributed by atoms with Gasteiger partial charge in [0.15, 0.2) is 0 Å². The van der Waals surface area contributed by atoms with Gasteiger partial charge < -0.3 is 20.0 Å². The molecule has 0 saturated heterocycles. The summed E-state index contributed by atoms with van der Waals surface area (Å²) in [6.45, 7) is 0.576. The monoisotopic (exact) mass is 270 g/mol. The molecule has 0 unspecified atom stereocenters. The normalized spacial score (nSPS) is 18.8. The molecule has 0 aliphatic heterocycles. The molecule has 2 amide bonds. The highest BCUT2D eigenvalue weighted by molar-refractivity contribution is 5.76. The number of hydrogen-bond donors (Lipinski definition) is 2. The third-order valence-electron chi connectivity index (χ3n) is 3.90. The first-order valence-electron chi connectivity index (χ1n) is 7.03. The fourth-order valence-electron chi connectivity index (χ4n) is 2.44. The number of amides is 2. The predicted molar refractivity (Wildman–Crippen MR) is 68.8 cm³/mol. The van der Waals surface area contributed by atoms with Crippen molar-refractivity contribution < 1.29 is 19.8 Å². The van der Waals surface area contributed by atoms with E-state index in [1.807, 2.05) is 0 Å². The summed E-state index contributed by atoms with van der Waals surface area (Å²) in [7, 11) is 0. The van der Waals surface area contributed by atoms with Crippen molar-refractivity contribution in [1.82, 2.24) is 9.80 Å². The Hall–Kier alpha value is -1.30. The van der Waals surface area contributed by atoms with E-state index in [4.69, 9.17) is 10.2 Å². The molecule has 0 heterocycles. The largest absolute Gasteiger partial charge is 0.481 e. The quantitative estimate of drug-likeness (QED) is 0.720. The van der Waals surface area contributed by atoms with E-state index in [1.54, 1.807) is 9.80 Å². The summed E-state index contributed by atoms with van der Waals surface area (Å²) in [5, 5.41) is 17.9. The number of rotatable bonds is 7. The zero-order chi connectivity index (χ0) is 13.8. The van der Waals surface area contributed by atoms with Crippen LogP contribution in [0.2, 0.25) is 0 Å². The molecule has 0 atom stereocenters. The van der Waals surface area contributed by atoms with Gasteiger partial charge in [-0.05, 0) is 32.1 Å². The van der Waals surface area contributed by atoms with Gasteiger partial charge in [-0.3, -0.25) is 4.79 Å². The van der Waals surface area contributed by atoms with Crippen LogP contribution in [0.15, 0.2) is 0 Å². The van der Waals surface area contributed by atoms with Crippen molar-refractivity contribution in [3.8, 4) is 0 Å². The van der Waals surface area contributed by atoms with Gasteiger partial charge in [0.05, 0.1) is 13.0 Å². The van der Waals surface area contributed by atoms with Crippen LogP contribution < -0.4 is 0 Å². The highest BCUT2D eigenvalue weighted by Crippen LogP contribution is 2.31. The van der Waals surface area contributed by atoms with Crippen molar-refractivity contribution in [1.29, 1.82) is 0 Å². The molecule has 2 saturated carbocycles. The Morgan fingerprint density at radius 2 is 1.58 bits per heavy atom. The molecule has 2 fully saturated rings. The molecule has 0 aromatic heterocycles. The van der Waals surface area contributed by atoms with E-state index in [2.05, 4.69) is 0 Å². The second-order valence-electron chi connectivity index (χ2n) is 5.35. The minimum atomic E-state index is -0.879. The third-order valence-corrected chi connectivity index (χ3v) is 3.90. The molecule has 0 aromatic carbocycles. The lowest BCUT2D eigenvalue weighted by molar-refractivity contribution is -0.137. The summed E-state index contributed by atoms with van der Waals surface area (Å²) in [5.74, 6) is -0.879. The first-order valence-corrected chi connectivity index (χ1v) is 7.03. The van der Waals surface area contributed by atoms with Crippen LogP contribution in [0.25, 0.3) is 0 Å². The number of carboxylic acid groups (broad SMARTS) is 1. The van der Waals surface area contributed by atoms with E-state index in [0.717, 1.165) is 32.1 Å². The topological polar surface area (TPSA) is 81.1 Å². The van der Waals surface area contributed by atoms with E-state index in [9.17, 15) is 9.59 Å². The average molecular weight is 270 g/mol. The molecule has 0 bridgehead atoms. The second kappa shape index (κ2) is 6.23. The van der Waals surface area contributed by atoms with Gasteiger partial charge >= 0.3 is 12.0 Å². The van der Waals surface area contributed by atoms with Crippen molar-refractivity contribution >= 4 is 12.0 Å². The molecule has 0 aromatic rings. The first kappa shape index (κ1) is 14.1. The van der Waals surface area contributed by atoms with E-state index >= 15 is 0 Å². The van der Waals surface area contributed by atoms with Crippen LogP contribution in [-0.4, -0.2) is 63.8 Å². The Balaban J connectivity index is 1.96. The summed E-state index contributed by atoms with van der Waals surface area (Å²) < 4.78 is 0. The number of carbonyl (C=O) groups excluding carboxylic acids is 1. The molecule has 2 rings (SSSR count). The van der Waals surface area contributed by atoms with Crippen LogP contribution in [-0.2, 0) is 4.79 Å². The van der Waals surface area contributed by atoms with Gasteiger partial charge in [-0.15, -0.1) is 0 Å². The second-order valence-corrected chi connectivity index (χ2v) is 5.35. The number of urea groups is 1. The first-order chi connectivity index (χ1) is 9.13. The standard InChI is InChI=1S/C13H22N2O4/c16-9-8-15(10-2-1-3-10)13(19)14(11-4-5-11)7-6-12(17)18/h10-11,16H,1-9H2,(H,17,18). The van der Waals surface area contributed by atoms with Gasteiger partial charge in [0.25, 0.3) is 0 Å². The zero-order valence-corrected chi connectivity index (χ0v) is 11.1. The highest BCUT2D eigenvalue weighted by atomic mass is 16.4. The third kappa shape index (κ3) is 3.59. The Labute approximate surface area is 113 Å². The van der Waals surface area contributed by atoms with Gasteiger partial charge in [-0.1, -0.05) is 0 Å². The van der Waals surface area contributed by atoms with Crippen LogP contribution in [0.1, 0.15) is 38.5 Å². The van der Waals surface area contributed by atoms with E-state index in [1.165, 1.54) is 0 Å². The number of nitrogens with zero attached hydrogens (tertiary/aromatic N) is 2. The predicted octanol–water partition coefficient (Wildman–Crippen LogP) is 0.892. The molecule has 0 spiro atoms. The van der Waals surface area contributed by atoms with E-state index < -0.39 is 5.97 Å². The van der Waals surface area contributed by atoms with Gasteiger partial charge in [0.1, 0.15) is 0 Å². The molecule has 0 radical (unpaired) electrons. The summed E-state index contributed by atoms with van der Waals surface area (Å²) in [6.07, 6.45) is 5.01. The highest BCUT2D eigenvalue weighted by Gasteiger charge is 2.38.